The van der Waals surface area contributed by atoms with Crippen LogP contribution in [0.3, 0.4) is 0 Å². The van der Waals surface area contributed by atoms with Gasteiger partial charge in [-0.05, 0) is 46.2 Å². The van der Waals surface area contributed by atoms with Crippen LogP contribution in [0.15, 0.2) is 42.1 Å². The molecule has 2 unspecified atom stereocenters. The van der Waals surface area contributed by atoms with Crippen molar-refractivity contribution < 1.29 is 14.2 Å². The maximum atomic E-state index is 15.5. The zero-order valence-electron chi connectivity index (χ0n) is 22.8. The van der Waals surface area contributed by atoms with E-state index in [9.17, 15) is 5.11 Å². The second kappa shape index (κ2) is 13.7. The van der Waals surface area contributed by atoms with Gasteiger partial charge in [0, 0.05) is 43.7 Å². The fraction of sp³-hybridized carbons (Fsp3) is 0.519. The van der Waals surface area contributed by atoms with Gasteiger partial charge in [0.15, 0.2) is 5.82 Å². The number of nitrogens with one attached hydrogen (secondary N) is 2. The summed E-state index contributed by atoms with van der Waals surface area (Å²) in [6.45, 7) is 16.4. The predicted octanol–water partition coefficient (Wildman–Crippen LogP) is 5.42. The second-order valence-electron chi connectivity index (χ2n) is 10.0. The Balaban J connectivity index is 1.77. The smallest absolute Gasteiger partial charge is 0.216 e. The molecule has 3 rings (SSSR count). The third-order valence-corrected chi connectivity index (χ3v) is 8.02. The Morgan fingerprint density at radius 1 is 1.26 bits per heavy atom. The van der Waals surface area contributed by atoms with Gasteiger partial charge in [-0.15, -0.1) is 0 Å². The molecule has 208 valence electrons. The van der Waals surface area contributed by atoms with Gasteiger partial charge >= 0.3 is 0 Å². The van der Waals surface area contributed by atoms with Crippen molar-refractivity contribution in [3.8, 4) is 0 Å². The van der Waals surface area contributed by atoms with Crippen LogP contribution in [0.25, 0.3) is 0 Å². The molecular weight excluding hydrogens is 523 g/mol. The molecule has 0 radical (unpaired) electrons. The monoisotopic (exact) mass is 562 g/mol. The lowest BCUT2D eigenvalue weighted by molar-refractivity contribution is -0.243. The van der Waals surface area contributed by atoms with E-state index in [4.69, 9.17) is 10.1 Å². The number of ether oxygens (including phenoxy) is 1. The topological polar surface area (TPSA) is 97.6 Å². The number of benzene rings is 1. The highest BCUT2D eigenvalue weighted by molar-refractivity contribution is 8.03. The average molecular weight is 563 g/mol. The van der Waals surface area contributed by atoms with E-state index in [1.165, 1.54) is 23.7 Å². The first kappa shape index (κ1) is 30.4. The summed E-state index contributed by atoms with van der Waals surface area (Å²) < 4.78 is 24.3. The summed E-state index contributed by atoms with van der Waals surface area (Å²) in [5.74, 6) is 0.982. The average Bonchev–Trinajstić information content (AvgIpc) is 2.87. The molecule has 0 amide bonds. The van der Waals surface area contributed by atoms with Crippen molar-refractivity contribution in [2.75, 3.05) is 36.7 Å². The number of nitrogens with zero attached hydrogens (tertiary/aromatic N) is 4. The third kappa shape index (κ3) is 8.41. The summed E-state index contributed by atoms with van der Waals surface area (Å²) in [5, 5.41) is 19.7. The molecule has 0 aliphatic carbocycles. The molecule has 0 spiro atoms. The number of aromatic nitrogens is 2. The minimum absolute atomic E-state index is 0.114. The zero-order valence-corrected chi connectivity index (χ0v) is 24.5. The first-order valence-corrected chi connectivity index (χ1v) is 14.6. The maximum absolute atomic E-state index is 15.5. The van der Waals surface area contributed by atoms with Crippen molar-refractivity contribution in [2.24, 2.45) is 0 Å². The molecule has 3 N–H and O–H groups in total. The van der Waals surface area contributed by atoms with Crippen LogP contribution in [0.1, 0.15) is 56.4 Å². The molecular formula is C27H39FN6O2S2. The van der Waals surface area contributed by atoms with Crippen LogP contribution in [-0.2, 0) is 4.74 Å². The zero-order chi connectivity index (χ0) is 27.9. The number of hydrogen-bond acceptors (Lipinski definition) is 10. The number of aliphatic hydroxyl groups excluding tert-OH is 1. The van der Waals surface area contributed by atoms with E-state index in [-0.39, 0.29) is 11.3 Å². The van der Waals surface area contributed by atoms with E-state index in [1.54, 1.807) is 37.4 Å². The van der Waals surface area contributed by atoms with Gasteiger partial charge < -0.3 is 24.9 Å². The molecule has 1 aliphatic heterocycles. The molecule has 38 heavy (non-hydrogen) atoms. The Morgan fingerprint density at radius 2 is 1.97 bits per heavy atom. The van der Waals surface area contributed by atoms with Crippen molar-refractivity contribution in [3.63, 3.8) is 0 Å². The van der Waals surface area contributed by atoms with Crippen LogP contribution in [0.4, 0.5) is 10.1 Å². The van der Waals surface area contributed by atoms with Gasteiger partial charge in [-0.2, -0.15) is 0 Å². The highest BCUT2D eigenvalue weighted by atomic mass is 32.2. The molecule has 1 aliphatic rings. The quantitative estimate of drug-likeness (QED) is 0.136. The van der Waals surface area contributed by atoms with Crippen LogP contribution in [0, 0.1) is 18.2 Å². The minimum Gasteiger partial charge on any atom is -0.364 e. The van der Waals surface area contributed by atoms with Crippen LogP contribution in [0.2, 0.25) is 0 Å². The number of halogens is 1. The predicted molar refractivity (Wildman–Crippen MR) is 156 cm³/mol. The van der Waals surface area contributed by atoms with Crippen LogP contribution in [0.5, 0.6) is 0 Å². The van der Waals surface area contributed by atoms with E-state index in [1.807, 2.05) is 25.7 Å². The summed E-state index contributed by atoms with van der Waals surface area (Å²) in [5.41, 5.74) is 0.874. The van der Waals surface area contributed by atoms with E-state index in [2.05, 4.69) is 33.1 Å². The van der Waals surface area contributed by atoms with Crippen molar-refractivity contribution >= 4 is 35.1 Å². The number of hydrogen-bond donors (Lipinski definition) is 3. The van der Waals surface area contributed by atoms with Gasteiger partial charge in [0.25, 0.3) is 0 Å². The number of piperazine rings is 1. The number of rotatable bonds is 12. The summed E-state index contributed by atoms with van der Waals surface area (Å²) in [6.07, 6.45) is 1.66. The van der Waals surface area contributed by atoms with Crippen LogP contribution >= 0.6 is 23.7 Å². The summed E-state index contributed by atoms with van der Waals surface area (Å²) in [7, 11) is 0. The Labute approximate surface area is 234 Å². The lowest BCUT2D eigenvalue weighted by Crippen LogP contribution is -2.51. The van der Waals surface area contributed by atoms with Gasteiger partial charge in [-0.3, -0.25) is 4.90 Å². The Hall–Kier alpha value is -2.18. The van der Waals surface area contributed by atoms with Gasteiger partial charge in [0.05, 0.1) is 33.0 Å². The van der Waals surface area contributed by atoms with Crippen LogP contribution in [-0.4, -0.2) is 74.5 Å². The Kier molecular flexibility index (Phi) is 11.0. The second-order valence-corrected chi connectivity index (χ2v) is 12.1. The minimum atomic E-state index is -0.970. The molecule has 1 saturated heterocycles. The first-order valence-electron chi connectivity index (χ1n) is 12.7. The van der Waals surface area contributed by atoms with E-state index in [0.29, 0.717) is 43.4 Å². The normalized spacial score (nSPS) is 16.2. The highest BCUT2D eigenvalue weighted by Crippen LogP contribution is 2.38. The van der Waals surface area contributed by atoms with E-state index in [0.717, 1.165) is 17.2 Å². The fourth-order valence-electron chi connectivity index (χ4n) is 3.87. The van der Waals surface area contributed by atoms with Crippen molar-refractivity contribution in [1.82, 2.24) is 19.8 Å². The molecule has 0 bridgehead atoms. The van der Waals surface area contributed by atoms with Crippen LogP contribution < -0.4 is 4.72 Å². The number of thioether (sulfide) groups is 1. The molecule has 11 heteroatoms. The third-order valence-electron chi connectivity index (χ3n) is 5.80. The Bertz CT molecular complexity index is 1110. The number of anilines is 1. The number of aryl methyl sites for hydroxylation is 1. The van der Waals surface area contributed by atoms with Crippen molar-refractivity contribution in [3.05, 3.63) is 65.0 Å². The molecule has 2 atom stereocenters. The van der Waals surface area contributed by atoms with Gasteiger partial charge in [0.2, 0.25) is 6.41 Å². The maximum Gasteiger partial charge on any atom is 0.216 e. The first-order chi connectivity index (χ1) is 18.0. The summed E-state index contributed by atoms with van der Waals surface area (Å²) in [6, 6.07) is 6.84. The Morgan fingerprint density at radius 3 is 2.61 bits per heavy atom. The molecule has 2 aromatic rings. The van der Waals surface area contributed by atoms with E-state index < -0.39 is 23.1 Å². The molecule has 0 saturated carbocycles. The van der Waals surface area contributed by atoms with Gasteiger partial charge in [0.1, 0.15) is 5.82 Å². The summed E-state index contributed by atoms with van der Waals surface area (Å²) in [4.78, 5) is 12.8. The van der Waals surface area contributed by atoms with Gasteiger partial charge in [-0.25, -0.2) is 14.4 Å². The largest absolute Gasteiger partial charge is 0.364 e. The fourth-order valence-corrected chi connectivity index (χ4v) is 5.59. The molecule has 1 fully saturated rings. The van der Waals surface area contributed by atoms with Crippen molar-refractivity contribution in [2.45, 2.75) is 58.3 Å². The molecule has 2 heterocycles. The SMILES string of the molecule is C=C(SC(C(=N)c1cccc(NSCCC)c1F)c1ccnc(C)n1)N1CCN(C(O)OC(C)(C)C)CC1. The molecule has 1 aromatic heterocycles. The van der Waals surface area contributed by atoms with Gasteiger partial charge in [-0.1, -0.05) is 49.3 Å². The number of aliphatic hydroxyl groups is 1. The lowest BCUT2D eigenvalue weighted by Gasteiger charge is -2.40. The van der Waals surface area contributed by atoms with Crippen molar-refractivity contribution in [1.29, 1.82) is 5.41 Å². The highest BCUT2D eigenvalue weighted by Gasteiger charge is 2.30. The molecule has 8 nitrogen and oxygen atoms in total. The standard InChI is InChI=1S/C27H39FN6O2S2/c1-7-17-37-32-21-10-8-9-20(23(21)28)24(29)25(22-11-12-30-18(2)31-22)38-19(3)33-13-15-34(16-14-33)26(35)36-27(4,5)6/h8-12,25-26,29,32,35H,3,7,13-17H2,1-2,4-6H3. The summed E-state index contributed by atoms with van der Waals surface area (Å²) >= 11 is 2.83. The molecule has 1 aromatic carbocycles. The lowest BCUT2D eigenvalue weighted by atomic mass is 10.0. The van der Waals surface area contributed by atoms with E-state index >= 15 is 4.39 Å².